The summed E-state index contributed by atoms with van der Waals surface area (Å²) in [5, 5.41) is 17.8. The van der Waals surface area contributed by atoms with Gasteiger partial charge in [-0.2, -0.15) is 0 Å². The van der Waals surface area contributed by atoms with Crippen LogP contribution < -0.4 is 14.8 Å². The SMILES string of the molecule is COc1ccc(NC(=O)C2CCCN2C)cc1OCC(C)C.O=C(O)C(=O)O. The topological polar surface area (TPSA) is 125 Å². The summed E-state index contributed by atoms with van der Waals surface area (Å²) in [6, 6.07) is 5.45. The number of carbonyl (C=O) groups excluding carboxylic acids is 1. The number of anilines is 1. The number of benzene rings is 1. The Balaban J connectivity index is 0.000000568. The van der Waals surface area contributed by atoms with Gasteiger partial charge in [0.05, 0.1) is 19.8 Å². The van der Waals surface area contributed by atoms with E-state index in [0.29, 0.717) is 24.0 Å². The molecule has 156 valence electrons. The first-order valence-corrected chi connectivity index (χ1v) is 8.93. The second kappa shape index (κ2) is 11.1. The lowest BCUT2D eigenvalue weighted by molar-refractivity contribution is -0.159. The minimum atomic E-state index is -1.82. The third-order valence-electron chi connectivity index (χ3n) is 4.01. The summed E-state index contributed by atoms with van der Waals surface area (Å²) in [6.45, 7) is 5.77. The maximum atomic E-state index is 12.3. The lowest BCUT2D eigenvalue weighted by Gasteiger charge is -2.19. The van der Waals surface area contributed by atoms with Crippen molar-refractivity contribution in [3.63, 3.8) is 0 Å². The fourth-order valence-corrected chi connectivity index (χ4v) is 2.59. The minimum Gasteiger partial charge on any atom is -0.493 e. The Morgan fingerprint density at radius 3 is 2.32 bits per heavy atom. The molecule has 9 nitrogen and oxygen atoms in total. The van der Waals surface area contributed by atoms with Gasteiger partial charge in [-0.3, -0.25) is 9.69 Å². The summed E-state index contributed by atoms with van der Waals surface area (Å²) in [4.78, 5) is 32.6. The zero-order valence-corrected chi connectivity index (χ0v) is 16.6. The van der Waals surface area contributed by atoms with Gasteiger partial charge in [0, 0.05) is 11.8 Å². The molecule has 1 atom stereocenters. The van der Waals surface area contributed by atoms with Crippen molar-refractivity contribution in [3.8, 4) is 11.5 Å². The molecule has 0 spiro atoms. The first kappa shape index (κ1) is 23.2. The third kappa shape index (κ3) is 7.43. The van der Waals surface area contributed by atoms with Gasteiger partial charge in [-0.25, -0.2) is 9.59 Å². The Morgan fingerprint density at radius 1 is 1.21 bits per heavy atom. The number of ether oxygens (including phenoxy) is 2. The lowest BCUT2D eigenvalue weighted by Crippen LogP contribution is -2.37. The molecule has 0 aromatic heterocycles. The highest BCUT2D eigenvalue weighted by Gasteiger charge is 2.27. The smallest absolute Gasteiger partial charge is 0.414 e. The number of carbonyl (C=O) groups is 3. The molecular weight excluding hydrogens is 368 g/mol. The van der Waals surface area contributed by atoms with Crippen molar-refractivity contribution in [2.24, 2.45) is 5.92 Å². The van der Waals surface area contributed by atoms with Crippen molar-refractivity contribution in [2.75, 3.05) is 32.6 Å². The molecule has 3 N–H and O–H groups in total. The Labute approximate surface area is 164 Å². The fraction of sp³-hybridized carbons (Fsp3) is 0.526. The Bertz CT molecular complexity index is 679. The summed E-state index contributed by atoms with van der Waals surface area (Å²) in [6.07, 6.45) is 1.98. The van der Waals surface area contributed by atoms with Crippen LogP contribution in [-0.2, 0) is 14.4 Å². The van der Waals surface area contributed by atoms with Crippen LogP contribution in [0.4, 0.5) is 5.69 Å². The molecule has 1 amide bonds. The molecule has 1 saturated heterocycles. The highest BCUT2D eigenvalue weighted by Crippen LogP contribution is 2.31. The average Bonchev–Trinajstić information content (AvgIpc) is 3.06. The van der Waals surface area contributed by atoms with Crippen LogP contribution in [0.3, 0.4) is 0 Å². The van der Waals surface area contributed by atoms with Crippen molar-refractivity contribution in [3.05, 3.63) is 18.2 Å². The zero-order valence-electron chi connectivity index (χ0n) is 16.6. The van der Waals surface area contributed by atoms with Crippen LogP contribution in [0.15, 0.2) is 18.2 Å². The largest absolute Gasteiger partial charge is 0.493 e. The van der Waals surface area contributed by atoms with Gasteiger partial charge in [-0.05, 0) is 44.5 Å². The van der Waals surface area contributed by atoms with Crippen LogP contribution in [0.2, 0.25) is 0 Å². The van der Waals surface area contributed by atoms with Crippen molar-refractivity contribution in [2.45, 2.75) is 32.7 Å². The quantitative estimate of drug-likeness (QED) is 0.623. The summed E-state index contributed by atoms with van der Waals surface area (Å²) < 4.78 is 11.1. The molecule has 9 heteroatoms. The molecule has 1 fully saturated rings. The van der Waals surface area contributed by atoms with Gasteiger partial charge in [-0.1, -0.05) is 13.8 Å². The zero-order chi connectivity index (χ0) is 21.3. The van der Waals surface area contributed by atoms with E-state index in [-0.39, 0.29) is 11.9 Å². The van der Waals surface area contributed by atoms with Gasteiger partial charge >= 0.3 is 11.9 Å². The number of hydrogen-bond donors (Lipinski definition) is 3. The molecule has 0 bridgehead atoms. The van der Waals surface area contributed by atoms with Crippen LogP contribution in [0.1, 0.15) is 26.7 Å². The summed E-state index contributed by atoms with van der Waals surface area (Å²) in [5.41, 5.74) is 0.741. The lowest BCUT2D eigenvalue weighted by atomic mass is 10.2. The highest BCUT2D eigenvalue weighted by atomic mass is 16.5. The Hall–Kier alpha value is -2.81. The number of nitrogens with zero attached hydrogens (tertiary/aromatic N) is 1. The number of aliphatic carboxylic acids is 2. The maximum Gasteiger partial charge on any atom is 0.414 e. The number of carboxylic acids is 2. The summed E-state index contributed by atoms with van der Waals surface area (Å²) >= 11 is 0. The molecule has 1 aromatic carbocycles. The van der Waals surface area contributed by atoms with Crippen LogP contribution >= 0.6 is 0 Å². The molecule has 0 aliphatic carbocycles. The molecule has 0 saturated carbocycles. The number of amides is 1. The predicted octanol–water partition coefficient (Wildman–Crippen LogP) is 1.92. The maximum absolute atomic E-state index is 12.3. The van der Waals surface area contributed by atoms with Crippen molar-refractivity contribution in [1.82, 2.24) is 4.90 Å². The van der Waals surface area contributed by atoms with Gasteiger partial charge in [0.1, 0.15) is 0 Å². The normalized spacial score (nSPS) is 16.1. The standard InChI is InChI=1S/C17H26N2O3.C2H2O4/c1-12(2)11-22-16-10-13(7-8-15(16)21-4)18-17(20)14-6-5-9-19(14)3;3-1(4)2(5)6/h7-8,10,12,14H,5-6,9,11H2,1-4H3,(H,18,20);(H,3,4)(H,5,6). The number of hydrogen-bond acceptors (Lipinski definition) is 6. The van der Waals surface area contributed by atoms with Crippen LogP contribution in [0, 0.1) is 5.92 Å². The molecule has 1 aromatic rings. The van der Waals surface area contributed by atoms with Crippen molar-refractivity contribution in [1.29, 1.82) is 0 Å². The van der Waals surface area contributed by atoms with E-state index < -0.39 is 11.9 Å². The number of rotatable bonds is 6. The molecule has 0 radical (unpaired) electrons. The van der Waals surface area contributed by atoms with Crippen LogP contribution in [-0.4, -0.2) is 66.3 Å². The van der Waals surface area contributed by atoms with E-state index >= 15 is 0 Å². The predicted molar refractivity (Wildman–Crippen MR) is 103 cm³/mol. The third-order valence-corrected chi connectivity index (χ3v) is 4.01. The Morgan fingerprint density at radius 2 is 1.86 bits per heavy atom. The van der Waals surface area contributed by atoms with Crippen molar-refractivity contribution >= 4 is 23.5 Å². The summed E-state index contributed by atoms with van der Waals surface area (Å²) in [5.74, 6) is -1.84. The number of likely N-dealkylation sites (N-methyl/N-ethyl adjacent to an activating group) is 1. The van der Waals surface area contributed by atoms with E-state index in [2.05, 4.69) is 24.1 Å². The highest BCUT2D eigenvalue weighted by molar-refractivity contribution is 6.27. The van der Waals surface area contributed by atoms with E-state index in [1.165, 1.54) is 0 Å². The van der Waals surface area contributed by atoms with E-state index in [0.717, 1.165) is 25.1 Å². The van der Waals surface area contributed by atoms with E-state index in [4.69, 9.17) is 29.3 Å². The van der Waals surface area contributed by atoms with E-state index in [9.17, 15) is 4.79 Å². The number of methoxy groups -OCH3 is 1. The molecule has 1 heterocycles. The van der Waals surface area contributed by atoms with Gasteiger partial charge in [0.25, 0.3) is 0 Å². The molecule has 1 aliphatic heterocycles. The number of carboxylic acid groups (broad SMARTS) is 2. The first-order valence-electron chi connectivity index (χ1n) is 8.93. The minimum absolute atomic E-state index is 0.0397. The van der Waals surface area contributed by atoms with Crippen LogP contribution in [0.25, 0.3) is 0 Å². The second-order valence-corrected chi connectivity index (χ2v) is 6.81. The average molecular weight is 396 g/mol. The van der Waals surface area contributed by atoms with Gasteiger partial charge in [0.15, 0.2) is 11.5 Å². The molecule has 28 heavy (non-hydrogen) atoms. The fourth-order valence-electron chi connectivity index (χ4n) is 2.59. The van der Waals surface area contributed by atoms with E-state index in [1.54, 1.807) is 7.11 Å². The monoisotopic (exact) mass is 396 g/mol. The molecular formula is C19H28N2O7. The number of likely N-dealkylation sites (tertiary alicyclic amines) is 1. The van der Waals surface area contributed by atoms with Crippen LogP contribution in [0.5, 0.6) is 11.5 Å². The van der Waals surface area contributed by atoms with Gasteiger partial charge in [-0.15, -0.1) is 0 Å². The molecule has 2 rings (SSSR count). The molecule has 1 unspecified atom stereocenters. The van der Waals surface area contributed by atoms with Crippen molar-refractivity contribution < 1.29 is 34.1 Å². The summed E-state index contributed by atoms with van der Waals surface area (Å²) in [7, 11) is 3.60. The Kier molecular flexibility index (Phi) is 9.23. The van der Waals surface area contributed by atoms with Gasteiger partial charge < -0.3 is 25.0 Å². The second-order valence-electron chi connectivity index (χ2n) is 6.81. The molecule has 1 aliphatic rings. The van der Waals surface area contributed by atoms with E-state index in [1.807, 2.05) is 25.2 Å². The number of nitrogens with one attached hydrogen (secondary N) is 1. The van der Waals surface area contributed by atoms with Gasteiger partial charge in [0.2, 0.25) is 5.91 Å². The first-order chi connectivity index (χ1) is 13.1.